The summed E-state index contributed by atoms with van der Waals surface area (Å²) in [6.45, 7) is -1.37. The molecule has 0 aliphatic carbocycles. The van der Waals surface area contributed by atoms with E-state index in [0.717, 1.165) is 11.0 Å². The van der Waals surface area contributed by atoms with E-state index in [2.05, 4.69) is 15.9 Å². The fourth-order valence-corrected chi connectivity index (χ4v) is 2.03. The summed E-state index contributed by atoms with van der Waals surface area (Å²) in [6, 6.07) is 3.84. The highest BCUT2D eigenvalue weighted by molar-refractivity contribution is 9.10. The maximum absolute atomic E-state index is 13.4. The van der Waals surface area contributed by atoms with Crippen molar-refractivity contribution >= 4 is 21.8 Å². The summed E-state index contributed by atoms with van der Waals surface area (Å²) < 4.78 is 38.6. The number of halogens is 4. The van der Waals surface area contributed by atoms with Crippen molar-refractivity contribution in [2.24, 2.45) is 0 Å². The second-order valence-corrected chi connectivity index (χ2v) is 4.74. The predicted molar refractivity (Wildman–Crippen MR) is 59.7 cm³/mol. The number of rotatable bonds is 1. The van der Waals surface area contributed by atoms with Crippen molar-refractivity contribution in [3.8, 4) is 6.07 Å². The van der Waals surface area contributed by atoms with E-state index >= 15 is 0 Å². The molecule has 18 heavy (non-hydrogen) atoms. The minimum absolute atomic E-state index is 0.0358. The van der Waals surface area contributed by atoms with Crippen molar-refractivity contribution in [1.29, 1.82) is 5.26 Å². The number of nitrogens with zero attached hydrogens (tertiary/aromatic N) is 2. The Hall–Kier alpha value is -1.55. The molecular weight excluding hydrogens is 313 g/mol. The van der Waals surface area contributed by atoms with Gasteiger partial charge >= 0.3 is 0 Å². The van der Waals surface area contributed by atoms with Crippen molar-refractivity contribution in [3.05, 3.63) is 33.5 Å². The minimum Gasteiger partial charge on any atom is -0.326 e. The molecule has 94 valence electrons. The van der Waals surface area contributed by atoms with E-state index in [1.807, 2.05) is 0 Å². The normalized spacial score (nSPS) is 16.9. The van der Waals surface area contributed by atoms with E-state index in [1.54, 1.807) is 6.07 Å². The fraction of sp³-hybridized carbons (Fsp3) is 0.273. The molecule has 1 aliphatic heterocycles. The van der Waals surface area contributed by atoms with Crippen LogP contribution in [0.5, 0.6) is 0 Å². The fourth-order valence-electron chi connectivity index (χ4n) is 1.64. The molecule has 3 nitrogen and oxygen atoms in total. The number of hydrogen-bond acceptors (Lipinski definition) is 2. The van der Waals surface area contributed by atoms with Gasteiger partial charge in [0, 0.05) is 0 Å². The first-order valence-electron chi connectivity index (χ1n) is 4.90. The molecule has 0 radical (unpaired) electrons. The van der Waals surface area contributed by atoms with Crippen molar-refractivity contribution in [2.75, 3.05) is 13.1 Å². The molecule has 2 rings (SSSR count). The molecule has 0 atom stereocenters. The Morgan fingerprint density at radius 2 is 2.06 bits per heavy atom. The Labute approximate surface area is 109 Å². The third-order valence-electron chi connectivity index (χ3n) is 2.52. The van der Waals surface area contributed by atoms with Gasteiger partial charge in [0.1, 0.15) is 5.82 Å². The van der Waals surface area contributed by atoms with Crippen LogP contribution in [0.1, 0.15) is 15.9 Å². The van der Waals surface area contributed by atoms with E-state index in [1.165, 1.54) is 6.07 Å². The lowest BCUT2D eigenvalue weighted by molar-refractivity contribution is -0.113. The summed E-state index contributed by atoms with van der Waals surface area (Å²) in [5.41, 5.74) is -0.159. The Bertz CT molecular complexity index is 560. The van der Waals surface area contributed by atoms with Gasteiger partial charge in [0.2, 0.25) is 0 Å². The zero-order valence-corrected chi connectivity index (χ0v) is 10.5. The molecule has 1 aromatic rings. The van der Waals surface area contributed by atoms with Crippen LogP contribution in [0.25, 0.3) is 0 Å². The average Bonchev–Trinajstić information content (AvgIpc) is 2.28. The number of benzene rings is 1. The summed E-state index contributed by atoms with van der Waals surface area (Å²) >= 11 is 2.87. The maximum Gasteiger partial charge on any atom is 0.282 e. The molecule has 1 amide bonds. The highest BCUT2D eigenvalue weighted by atomic mass is 79.9. The number of carbonyl (C=O) groups excluding carboxylic acids is 1. The van der Waals surface area contributed by atoms with Gasteiger partial charge in [-0.3, -0.25) is 4.79 Å². The number of hydrogen-bond donors (Lipinski definition) is 0. The number of carbonyl (C=O) groups is 1. The Balaban J connectivity index is 2.32. The first-order chi connectivity index (χ1) is 8.34. The van der Waals surface area contributed by atoms with Gasteiger partial charge in [-0.25, -0.2) is 13.2 Å². The van der Waals surface area contributed by atoms with Gasteiger partial charge in [0.15, 0.2) is 0 Å². The van der Waals surface area contributed by atoms with E-state index in [0.29, 0.717) is 0 Å². The summed E-state index contributed by atoms with van der Waals surface area (Å²) in [6.07, 6.45) is 0. The molecular formula is C11H6BrF3N2O. The third-order valence-corrected chi connectivity index (χ3v) is 3.33. The van der Waals surface area contributed by atoms with Crippen molar-refractivity contribution in [2.45, 2.75) is 5.92 Å². The van der Waals surface area contributed by atoms with Gasteiger partial charge in [-0.15, -0.1) is 0 Å². The summed E-state index contributed by atoms with van der Waals surface area (Å²) in [7, 11) is 0. The minimum atomic E-state index is -2.88. The van der Waals surface area contributed by atoms with Crippen LogP contribution in [-0.2, 0) is 0 Å². The SMILES string of the molecule is N#Cc1cc(F)c(Br)c(C(=O)N2CC(F)(F)C2)c1. The van der Waals surface area contributed by atoms with Crippen LogP contribution < -0.4 is 0 Å². The molecule has 1 heterocycles. The smallest absolute Gasteiger partial charge is 0.282 e. The first kappa shape index (κ1) is 12.9. The molecule has 0 unspecified atom stereocenters. The Morgan fingerprint density at radius 1 is 1.44 bits per heavy atom. The van der Waals surface area contributed by atoms with Gasteiger partial charge in [-0.1, -0.05) is 0 Å². The van der Waals surface area contributed by atoms with E-state index < -0.39 is 30.7 Å². The zero-order chi connectivity index (χ0) is 13.5. The predicted octanol–water partition coefficient (Wildman–Crippen LogP) is 2.55. The largest absolute Gasteiger partial charge is 0.326 e. The van der Waals surface area contributed by atoms with E-state index in [-0.39, 0.29) is 15.6 Å². The van der Waals surface area contributed by atoms with Crippen LogP contribution in [0.2, 0.25) is 0 Å². The maximum atomic E-state index is 13.4. The van der Waals surface area contributed by atoms with Crippen molar-refractivity contribution in [1.82, 2.24) is 4.90 Å². The van der Waals surface area contributed by atoms with Gasteiger partial charge in [-0.2, -0.15) is 5.26 Å². The molecule has 0 aromatic heterocycles. The second kappa shape index (κ2) is 4.28. The molecule has 7 heteroatoms. The molecule has 0 bridgehead atoms. The molecule has 1 aromatic carbocycles. The standard InChI is InChI=1S/C11H6BrF3N2O/c12-9-7(1-6(3-16)2-8(9)13)10(18)17-4-11(14,15)5-17/h1-2H,4-5H2. The van der Waals surface area contributed by atoms with Crippen LogP contribution in [-0.4, -0.2) is 29.8 Å². The lowest BCUT2D eigenvalue weighted by Gasteiger charge is -2.38. The third kappa shape index (κ3) is 2.20. The van der Waals surface area contributed by atoms with Gasteiger partial charge < -0.3 is 4.90 Å². The monoisotopic (exact) mass is 318 g/mol. The van der Waals surface area contributed by atoms with Gasteiger partial charge in [-0.05, 0) is 28.1 Å². The topological polar surface area (TPSA) is 44.1 Å². The molecule has 0 saturated carbocycles. The molecule has 1 saturated heterocycles. The van der Waals surface area contributed by atoms with Crippen LogP contribution >= 0.6 is 15.9 Å². The highest BCUT2D eigenvalue weighted by Gasteiger charge is 2.46. The number of amides is 1. The Kier molecular flexibility index (Phi) is 3.07. The summed E-state index contributed by atoms with van der Waals surface area (Å²) in [5, 5.41) is 8.68. The summed E-state index contributed by atoms with van der Waals surface area (Å²) in [5.74, 6) is -4.37. The van der Waals surface area contributed by atoms with Gasteiger partial charge in [0.25, 0.3) is 11.8 Å². The summed E-state index contributed by atoms with van der Waals surface area (Å²) in [4.78, 5) is 12.7. The second-order valence-electron chi connectivity index (χ2n) is 3.95. The first-order valence-corrected chi connectivity index (χ1v) is 5.69. The lowest BCUT2D eigenvalue weighted by Crippen LogP contribution is -2.58. The van der Waals surface area contributed by atoms with Crippen molar-refractivity contribution < 1.29 is 18.0 Å². The van der Waals surface area contributed by atoms with Crippen LogP contribution in [0.15, 0.2) is 16.6 Å². The molecule has 0 N–H and O–H groups in total. The van der Waals surface area contributed by atoms with Crippen LogP contribution in [0, 0.1) is 17.1 Å². The zero-order valence-electron chi connectivity index (χ0n) is 8.88. The molecule has 0 spiro atoms. The number of likely N-dealkylation sites (tertiary alicyclic amines) is 1. The quantitative estimate of drug-likeness (QED) is 0.798. The van der Waals surface area contributed by atoms with E-state index in [9.17, 15) is 18.0 Å². The Morgan fingerprint density at radius 3 is 2.56 bits per heavy atom. The van der Waals surface area contributed by atoms with Crippen LogP contribution in [0.4, 0.5) is 13.2 Å². The number of alkyl halides is 2. The van der Waals surface area contributed by atoms with Crippen molar-refractivity contribution in [3.63, 3.8) is 0 Å². The lowest BCUT2D eigenvalue weighted by atomic mass is 10.1. The van der Waals surface area contributed by atoms with E-state index in [4.69, 9.17) is 5.26 Å². The van der Waals surface area contributed by atoms with Crippen LogP contribution in [0.3, 0.4) is 0 Å². The molecule has 1 fully saturated rings. The van der Waals surface area contributed by atoms with Gasteiger partial charge in [0.05, 0.1) is 34.8 Å². The number of nitriles is 1. The average molecular weight is 319 g/mol. The highest BCUT2D eigenvalue weighted by Crippen LogP contribution is 2.31. The molecule has 1 aliphatic rings.